The number of nitrogens with one attached hydrogen (secondary N) is 1. The molecule has 1 saturated heterocycles. The Kier molecular flexibility index (Phi) is 3.56. The van der Waals surface area contributed by atoms with Gasteiger partial charge in [-0.3, -0.25) is 4.72 Å². The minimum atomic E-state index is -3.57. The molecular formula is C10H12ClFN2O2S. The van der Waals surface area contributed by atoms with Crippen molar-refractivity contribution in [1.29, 1.82) is 0 Å². The Morgan fingerprint density at radius 3 is 2.53 bits per heavy atom. The molecule has 1 aromatic carbocycles. The summed E-state index contributed by atoms with van der Waals surface area (Å²) < 4.78 is 40.3. The summed E-state index contributed by atoms with van der Waals surface area (Å²) in [5.41, 5.74) is 0.194. The molecule has 1 heterocycles. The summed E-state index contributed by atoms with van der Waals surface area (Å²) in [6, 6.07) is 3.54. The Labute approximate surface area is 105 Å². The Bertz CT molecular complexity index is 515. The van der Waals surface area contributed by atoms with Gasteiger partial charge in [0.25, 0.3) is 0 Å². The molecule has 0 saturated carbocycles. The van der Waals surface area contributed by atoms with Gasteiger partial charge in [-0.2, -0.15) is 12.7 Å². The van der Waals surface area contributed by atoms with Crippen LogP contribution in [0.5, 0.6) is 0 Å². The summed E-state index contributed by atoms with van der Waals surface area (Å²) in [5, 5.41) is 0.0489. The van der Waals surface area contributed by atoms with Gasteiger partial charge >= 0.3 is 10.2 Å². The zero-order valence-corrected chi connectivity index (χ0v) is 10.6. The van der Waals surface area contributed by atoms with Crippen LogP contribution in [0, 0.1) is 5.82 Å². The van der Waals surface area contributed by atoms with Crippen LogP contribution < -0.4 is 4.72 Å². The molecule has 94 valence electrons. The smallest absolute Gasteiger partial charge is 0.269 e. The van der Waals surface area contributed by atoms with Crippen molar-refractivity contribution < 1.29 is 12.8 Å². The Morgan fingerprint density at radius 2 is 1.94 bits per heavy atom. The van der Waals surface area contributed by atoms with Gasteiger partial charge in [-0.15, -0.1) is 0 Å². The van der Waals surface area contributed by atoms with Gasteiger partial charge in [-0.05, 0) is 31.0 Å². The normalized spacial score (nSPS) is 17.3. The number of rotatable bonds is 3. The van der Waals surface area contributed by atoms with Crippen LogP contribution >= 0.6 is 11.6 Å². The third kappa shape index (κ3) is 2.88. The van der Waals surface area contributed by atoms with E-state index in [9.17, 15) is 12.8 Å². The lowest BCUT2D eigenvalue weighted by atomic mass is 10.3. The molecule has 1 aliphatic heterocycles. The van der Waals surface area contributed by atoms with Gasteiger partial charge in [-0.1, -0.05) is 11.6 Å². The van der Waals surface area contributed by atoms with Crippen molar-refractivity contribution >= 4 is 27.5 Å². The average molecular weight is 279 g/mol. The Morgan fingerprint density at radius 1 is 1.29 bits per heavy atom. The van der Waals surface area contributed by atoms with E-state index in [1.807, 2.05) is 0 Å². The zero-order chi connectivity index (χ0) is 12.5. The minimum absolute atomic E-state index is 0.0489. The maximum absolute atomic E-state index is 12.8. The van der Waals surface area contributed by atoms with E-state index in [2.05, 4.69) is 4.72 Å². The first-order valence-electron chi connectivity index (χ1n) is 5.22. The number of halogens is 2. The van der Waals surface area contributed by atoms with E-state index in [4.69, 9.17) is 11.6 Å². The van der Waals surface area contributed by atoms with Gasteiger partial charge < -0.3 is 0 Å². The third-order valence-corrected chi connectivity index (χ3v) is 4.41. The monoisotopic (exact) mass is 278 g/mol. The summed E-state index contributed by atoms with van der Waals surface area (Å²) in [4.78, 5) is 0. The highest BCUT2D eigenvalue weighted by Gasteiger charge is 2.25. The zero-order valence-electron chi connectivity index (χ0n) is 8.99. The predicted octanol–water partition coefficient (Wildman–Crippen LogP) is 2.23. The van der Waals surface area contributed by atoms with Crippen molar-refractivity contribution in [3.8, 4) is 0 Å². The molecular weight excluding hydrogens is 267 g/mol. The fraction of sp³-hybridized carbons (Fsp3) is 0.400. The molecule has 2 rings (SSSR count). The highest BCUT2D eigenvalue weighted by atomic mass is 35.5. The van der Waals surface area contributed by atoms with Crippen LogP contribution in [0.3, 0.4) is 0 Å². The highest BCUT2D eigenvalue weighted by Crippen LogP contribution is 2.25. The van der Waals surface area contributed by atoms with Crippen LogP contribution in [0.25, 0.3) is 0 Å². The van der Waals surface area contributed by atoms with Gasteiger partial charge in [0.1, 0.15) is 5.82 Å². The van der Waals surface area contributed by atoms with Crippen molar-refractivity contribution in [3.63, 3.8) is 0 Å². The fourth-order valence-corrected chi connectivity index (χ4v) is 3.30. The summed E-state index contributed by atoms with van der Waals surface area (Å²) in [5.74, 6) is -0.501. The van der Waals surface area contributed by atoms with Crippen molar-refractivity contribution in [2.24, 2.45) is 0 Å². The summed E-state index contributed by atoms with van der Waals surface area (Å²) >= 11 is 5.76. The molecule has 17 heavy (non-hydrogen) atoms. The van der Waals surface area contributed by atoms with Gasteiger partial charge in [0, 0.05) is 13.1 Å². The Balaban J connectivity index is 2.19. The molecule has 1 N–H and O–H groups in total. The van der Waals surface area contributed by atoms with Crippen molar-refractivity contribution in [2.45, 2.75) is 12.8 Å². The van der Waals surface area contributed by atoms with Crippen LogP contribution in [-0.4, -0.2) is 25.8 Å². The molecule has 0 unspecified atom stereocenters. The summed E-state index contributed by atoms with van der Waals surface area (Å²) in [6.07, 6.45) is 1.72. The van der Waals surface area contributed by atoms with Crippen molar-refractivity contribution in [2.75, 3.05) is 17.8 Å². The molecule has 1 fully saturated rings. The molecule has 0 aliphatic carbocycles. The predicted molar refractivity (Wildman–Crippen MR) is 64.8 cm³/mol. The van der Waals surface area contributed by atoms with Gasteiger partial charge in [0.15, 0.2) is 0 Å². The molecule has 0 atom stereocenters. The summed E-state index contributed by atoms with van der Waals surface area (Å²) in [7, 11) is -3.57. The largest absolute Gasteiger partial charge is 0.301 e. The highest BCUT2D eigenvalue weighted by molar-refractivity contribution is 7.90. The van der Waals surface area contributed by atoms with E-state index in [0.717, 1.165) is 25.0 Å². The van der Waals surface area contributed by atoms with E-state index < -0.39 is 16.0 Å². The molecule has 0 radical (unpaired) electrons. The maximum Gasteiger partial charge on any atom is 0.301 e. The lowest BCUT2D eigenvalue weighted by Gasteiger charge is -2.17. The topological polar surface area (TPSA) is 49.4 Å². The lowest BCUT2D eigenvalue weighted by Crippen LogP contribution is -2.33. The van der Waals surface area contributed by atoms with E-state index in [1.165, 1.54) is 10.4 Å². The SMILES string of the molecule is O=S(=O)(Nc1ccc(F)cc1Cl)N1CCCC1. The molecule has 0 aromatic heterocycles. The molecule has 0 bridgehead atoms. The lowest BCUT2D eigenvalue weighted by molar-refractivity contribution is 0.482. The third-order valence-electron chi connectivity index (χ3n) is 2.58. The quantitative estimate of drug-likeness (QED) is 0.922. The first-order chi connectivity index (χ1) is 7.99. The Hall–Kier alpha value is -0.850. The summed E-state index contributed by atoms with van der Waals surface area (Å²) in [6.45, 7) is 1.02. The number of hydrogen-bond acceptors (Lipinski definition) is 2. The van der Waals surface area contributed by atoms with Crippen LogP contribution in [-0.2, 0) is 10.2 Å². The van der Waals surface area contributed by atoms with Gasteiger partial charge in [0.05, 0.1) is 10.7 Å². The van der Waals surface area contributed by atoms with Crippen LogP contribution in [0.1, 0.15) is 12.8 Å². The first kappa shape index (κ1) is 12.6. The van der Waals surface area contributed by atoms with Crippen LogP contribution in [0.4, 0.5) is 10.1 Å². The van der Waals surface area contributed by atoms with E-state index >= 15 is 0 Å². The van der Waals surface area contributed by atoms with E-state index in [0.29, 0.717) is 13.1 Å². The second kappa shape index (κ2) is 4.80. The van der Waals surface area contributed by atoms with E-state index in [1.54, 1.807) is 0 Å². The number of hydrogen-bond donors (Lipinski definition) is 1. The fourth-order valence-electron chi connectivity index (χ4n) is 1.70. The maximum atomic E-state index is 12.8. The number of benzene rings is 1. The van der Waals surface area contributed by atoms with E-state index in [-0.39, 0.29) is 10.7 Å². The molecule has 1 aliphatic rings. The second-order valence-electron chi connectivity index (χ2n) is 3.84. The first-order valence-corrected chi connectivity index (χ1v) is 7.04. The molecule has 7 heteroatoms. The number of nitrogens with zero attached hydrogens (tertiary/aromatic N) is 1. The number of anilines is 1. The second-order valence-corrected chi connectivity index (χ2v) is 5.92. The molecule has 0 spiro atoms. The molecule has 0 amide bonds. The van der Waals surface area contributed by atoms with Crippen molar-refractivity contribution in [3.05, 3.63) is 29.0 Å². The standard InChI is InChI=1S/C10H12ClFN2O2S/c11-9-7-8(12)3-4-10(9)13-17(15,16)14-5-1-2-6-14/h3-4,7,13H,1-2,5-6H2. The van der Waals surface area contributed by atoms with Crippen molar-refractivity contribution in [1.82, 2.24) is 4.31 Å². The molecule has 1 aromatic rings. The van der Waals surface area contributed by atoms with Crippen LogP contribution in [0.15, 0.2) is 18.2 Å². The molecule has 4 nitrogen and oxygen atoms in total. The van der Waals surface area contributed by atoms with Crippen LogP contribution in [0.2, 0.25) is 5.02 Å². The van der Waals surface area contributed by atoms with Gasteiger partial charge in [-0.25, -0.2) is 4.39 Å². The average Bonchev–Trinajstić information content (AvgIpc) is 2.76. The minimum Gasteiger partial charge on any atom is -0.269 e. The van der Waals surface area contributed by atoms with Gasteiger partial charge in [0.2, 0.25) is 0 Å².